The molecule has 322 valence electrons. The van der Waals surface area contributed by atoms with Crippen molar-refractivity contribution in [1.82, 2.24) is 0 Å². The van der Waals surface area contributed by atoms with Gasteiger partial charge in [-0.15, -0.1) is 0 Å². The Labute approximate surface area is 387 Å². The maximum absolute atomic E-state index is 2.53. The molecule has 0 bridgehead atoms. The van der Waals surface area contributed by atoms with Crippen molar-refractivity contribution < 1.29 is 0 Å². The predicted molar refractivity (Wildman–Crippen MR) is 286 cm³/mol. The monoisotopic (exact) mass is 842 g/mol. The summed E-state index contributed by atoms with van der Waals surface area (Å²) in [6.45, 7) is 14.9. The van der Waals surface area contributed by atoms with Crippen LogP contribution in [0.3, 0.4) is 0 Å². The SMILES string of the molecule is CC.CC.CCCc1ccc(-c2ccc3ccccc3c2)cc1-c1cc(-c2cc(-c3ccc4ccc(-c5cc6ccccc6c6ccccc56)cc4c3)ccc2C2CCC2)c(C)cc1C. The molecule has 10 aromatic carbocycles. The van der Waals surface area contributed by atoms with Gasteiger partial charge in [-0.3, -0.25) is 0 Å². The van der Waals surface area contributed by atoms with Gasteiger partial charge >= 0.3 is 0 Å². The number of aryl methyl sites for hydroxylation is 3. The molecular formula is C65H62. The lowest BCUT2D eigenvalue weighted by Gasteiger charge is -2.29. The molecule has 0 N–H and O–H groups in total. The topological polar surface area (TPSA) is 0 Å². The van der Waals surface area contributed by atoms with Crippen LogP contribution in [0.25, 0.3) is 98.7 Å². The number of hydrogen-bond acceptors (Lipinski definition) is 0. The van der Waals surface area contributed by atoms with E-state index in [1.165, 1.54) is 140 Å². The van der Waals surface area contributed by atoms with Crippen molar-refractivity contribution in [2.75, 3.05) is 0 Å². The van der Waals surface area contributed by atoms with Crippen molar-refractivity contribution in [2.24, 2.45) is 0 Å². The molecule has 0 spiro atoms. The molecule has 0 aromatic heterocycles. The lowest BCUT2D eigenvalue weighted by molar-refractivity contribution is 0.420. The minimum absolute atomic E-state index is 0.607. The summed E-state index contributed by atoms with van der Waals surface area (Å²) >= 11 is 0. The molecule has 0 atom stereocenters. The molecule has 0 saturated heterocycles. The van der Waals surface area contributed by atoms with Crippen molar-refractivity contribution in [3.63, 3.8) is 0 Å². The molecule has 0 radical (unpaired) electrons. The van der Waals surface area contributed by atoms with Crippen LogP contribution in [-0.4, -0.2) is 0 Å². The number of benzene rings is 10. The number of hydrogen-bond donors (Lipinski definition) is 0. The highest BCUT2D eigenvalue weighted by molar-refractivity contribution is 6.14. The maximum Gasteiger partial charge on any atom is -0.00988 e. The third-order valence-electron chi connectivity index (χ3n) is 13.7. The molecular weight excluding hydrogens is 781 g/mol. The quantitative estimate of drug-likeness (QED) is 0.134. The predicted octanol–water partition coefficient (Wildman–Crippen LogP) is 19.5. The Morgan fingerprint density at radius 2 is 0.877 bits per heavy atom. The van der Waals surface area contributed by atoms with Gasteiger partial charge in [-0.2, -0.15) is 0 Å². The van der Waals surface area contributed by atoms with Gasteiger partial charge in [0.2, 0.25) is 0 Å². The molecule has 10 aromatic rings. The summed E-state index contributed by atoms with van der Waals surface area (Å²) in [6, 6.07) is 69.1. The molecule has 1 aliphatic rings. The van der Waals surface area contributed by atoms with Crippen LogP contribution in [0.15, 0.2) is 182 Å². The van der Waals surface area contributed by atoms with Crippen molar-refractivity contribution in [2.45, 2.75) is 86.5 Å². The van der Waals surface area contributed by atoms with Gasteiger partial charge in [-0.05, 0) is 202 Å². The molecule has 1 fully saturated rings. The van der Waals surface area contributed by atoms with E-state index in [9.17, 15) is 0 Å². The van der Waals surface area contributed by atoms with Gasteiger partial charge in [0.1, 0.15) is 0 Å². The van der Waals surface area contributed by atoms with E-state index in [-0.39, 0.29) is 0 Å². The second-order valence-corrected chi connectivity index (χ2v) is 17.6. The number of fused-ring (bicyclic) bond motifs is 5. The Balaban J connectivity index is 0.00000130. The van der Waals surface area contributed by atoms with Crippen LogP contribution in [0, 0.1) is 13.8 Å². The van der Waals surface area contributed by atoms with E-state index in [4.69, 9.17) is 0 Å². The molecule has 1 saturated carbocycles. The highest BCUT2D eigenvalue weighted by Gasteiger charge is 2.25. The fraction of sp³-hybridized carbons (Fsp3) is 0.200. The zero-order valence-corrected chi connectivity index (χ0v) is 39.4. The second kappa shape index (κ2) is 19.1. The molecule has 65 heavy (non-hydrogen) atoms. The van der Waals surface area contributed by atoms with Crippen LogP contribution >= 0.6 is 0 Å². The van der Waals surface area contributed by atoms with Crippen molar-refractivity contribution >= 4 is 43.1 Å². The highest BCUT2D eigenvalue weighted by Crippen LogP contribution is 2.46. The number of rotatable bonds is 8. The maximum atomic E-state index is 2.53. The smallest absolute Gasteiger partial charge is 0.00988 e. The van der Waals surface area contributed by atoms with E-state index >= 15 is 0 Å². The van der Waals surface area contributed by atoms with Crippen molar-refractivity contribution in [3.8, 4) is 55.6 Å². The fourth-order valence-electron chi connectivity index (χ4n) is 10.2. The summed E-state index contributed by atoms with van der Waals surface area (Å²) in [5, 5.41) is 10.3. The molecule has 0 nitrogen and oxygen atoms in total. The highest BCUT2D eigenvalue weighted by atomic mass is 14.3. The van der Waals surface area contributed by atoms with Gasteiger partial charge < -0.3 is 0 Å². The van der Waals surface area contributed by atoms with Crippen LogP contribution in [-0.2, 0) is 6.42 Å². The van der Waals surface area contributed by atoms with Gasteiger partial charge in [0.25, 0.3) is 0 Å². The standard InChI is InChI=1S/C61H50.2C2H6/c1-4-12-43-24-27-48(46-25-21-41-13-5-6-14-45(41)32-46)35-59(43)57-38-58(40(3)31-39(57)2)61-36-49(29-30-54(61)44-16-11-17-44)47-26-22-42-23-28-51(34-52(42)33-47)60-37-50-15-7-8-18-53(50)55-19-9-10-20-56(55)60;2*1-2/h5-10,13-15,18-38,44H,4,11-12,16-17H2,1-3H3;2*1-2H3. The summed E-state index contributed by atoms with van der Waals surface area (Å²) in [7, 11) is 0. The zero-order chi connectivity index (χ0) is 45.0. The van der Waals surface area contributed by atoms with Gasteiger partial charge in [-0.1, -0.05) is 187 Å². The Bertz CT molecular complexity index is 3320. The Kier molecular flexibility index (Phi) is 12.8. The third kappa shape index (κ3) is 8.40. The normalized spacial score (nSPS) is 12.4. The fourth-order valence-corrected chi connectivity index (χ4v) is 10.2. The largest absolute Gasteiger partial charge is 0.0683 e. The van der Waals surface area contributed by atoms with Crippen molar-refractivity contribution in [1.29, 1.82) is 0 Å². The van der Waals surface area contributed by atoms with E-state index in [0.29, 0.717) is 5.92 Å². The van der Waals surface area contributed by atoms with Gasteiger partial charge in [0.05, 0.1) is 0 Å². The minimum atomic E-state index is 0.607. The zero-order valence-electron chi connectivity index (χ0n) is 39.4. The average molecular weight is 843 g/mol. The lowest BCUT2D eigenvalue weighted by Crippen LogP contribution is -2.10. The molecule has 0 heterocycles. The first-order valence-electron chi connectivity index (χ1n) is 24.3. The Morgan fingerprint density at radius 1 is 0.369 bits per heavy atom. The molecule has 1 aliphatic carbocycles. The van der Waals surface area contributed by atoms with E-state index in [1.807, 2.05) is 27.7 Å². The molecule has 0 heteroatoms. The van der Waals surface area contributed by atoms with E-state index in [0.717, 1.165) is 12.8 Å². The van der Waals surface area contributed by atoms with Gasteiger partial charge in [0.15, 0.2) is 0 Å². The summed E-state index contributed by atoms with van der Waals surface area (Å²) in [5.74, 6) is 0.607. The van der Waals surface area contributed by atoms with Crippen LogP contribution in [0.5, 0.6) is 0 Å². The second-order valence-electron chi connectivity index (χ2n) is 17.6. The van der Waals surface area contributed by atoms with E-state index < -0.39 is 0 Å². The summed E-state index contributed by atoms with van der Waals surface area (Å²) in [5.41, 5.74) is 18.6. The van der Waals surface area contributed by atoms with E-state index in [2.05, 4.69) is 203 Å². The third-order valence-corrected chi connectivity index (χ3v) is 13.7. The summed E-state index contributed by atoms with van der Waals surface area (Å²) < 4.78 is 0. The van der Waals surface area contributed by atoms with Crippen LogP contribution in [0.2, 0.25) is 0 Å². The lowest BCUT2D eigenvalue weighted by atomic mass is 9.75. The molecule has 0 amide bonds. The van der Waals surface area contributed by atoms with Crippen LogP contribution in [0.1, 0.15) is 88.5 Å². The van der Waals surface area contributed by atoms with E-state index in [1.54, 1.807) is 0 Å². The first kappa shape index (κ1) is 43.5. The molecule has 0 unspecified atom stereocenters. The first-order valence-corrected chi connectivity index (χ1v) is 24.3. The van der Waals surface area contributed by atoms with Gasteiger partial charge in [-0.25, -0.2) is 0 Å². The summed E-state index contributed by atoms with van der Waals surface area (Å²) in [4.78, 5) is 0. The minimum Gasteiger partial charge on any atom is -0.0683 e. The van der Waals surface area contributed by atoms with Crippen molar-refractivity contribution in [3.05, 3.63) is 204 Å². The molecule has 0 aliphatic heterocycles. The Hall–Kier alpha value is -6.76. The average Bonchev–Trinajstić information content (AvgIpc) is 3.34. The first-order chi connectivity index (χ1) is 32.0. The summed E-state index contributed by atoms with van der Waals surface area (Å²) in [6.07, 6.45) is 6.01. The molecule has 11 rings (SSSR count). The van der Waals surface area contributed by atoms with Crippen LogP contribution < -0.4 is 0 Å². The van der Waals surface area contributed by atoms with Crippen LogP contribution in [0.4, 0.5) is 0 Å². The van der Waals surface area contributed by atoms with Gasteiger partial charge in [0, 0.05) is 0 Å². The Morgan fingerprint density at radius 3 is 1.55 bits per heavy atom.